The number of carbonyl (C=O) groups is 3. The summed E-state index contributed by atoms with van der Waals surface area (Å²) in [6, 6.07) is 4.07. The lowest BCUT2D eigenvalue weighted by molar-refractivity contribution is -0.258. The molecule has 43 heavy (non-hydrogen) atoms. The van der Waals surface area contributed by atoms with Crippen LogP contribution in [0.5, 0.6) is 17.2 Å². The Morgan fingerprint density at radius 3 is 2.33 bits per heavy atom. The van der Waals surface area contributed by atoms with Gasteiger partial charge in [0.2, 0.25) is 5.78 Å². The highest BCUT2D eigenvalue weighted by Gasteiger charge is 2.55. The summed E-state index contributed by atoms with van der Waals surface area (Å²) in [7, 11) is 6.07. The highest BCUT2D eigenvalue weighted by atomic mass is 16.7. The molecule has 1 aliphatic heterocycles. The van der Waals surface area contributed by atoms with Crippen molar-refractivity contribution < 1.29 is 53.8 Å². The fraction of sp³-hybridized carbons (Fsp3) is 0.516. The molecule has 0 saturated carbocycles. The van der Waals surface area contributed by atoms with Gasteiger partial charge in [0.05, 0.1) is 54.8 Å². The molecule has 0 spiro atoms. The summed E-state index contributed by atoms with van der Waals surface area (Å²) in [5.74, 6) is -5.25. The van der Waals surface area contributed by atoms with Crippen molar-refractivity contribution in [1.29, 1.82) is 0 Å². The molecule has 12 heteroatoms. The number of hydrogen-bond donors (Lipinski definition) is 4. The lowest BCUT2D eigenvalue weighted by atomic mass is 9.66. The SMILES string of the molecule is CCC1(O)CC(OC2CC(N(C)C)C(O)C(C)O2)c2c(O)c3c(c(O)c2C1C(=O)OC)C(=O)c1cccc(OC)c1C3=O. The average molecular weight is 600 g/mol. The summed E-state index contributed by atoms with van der Waals surface area (Å²) in [4.78, 5) is 42.7. The third-order valence-corrected chi connectivity index (χ3v) is 9.09. The Morgan fingerprint density at radius 1 is 1.07 bits per heavy atom. The molecule has 2 aromatic carbocycles. The first-order valence-electron chi connectivity index (χ1n) is 14.1. The van der Waals surface area contributed by atoms with E-state index in [-0.39, 0.29) is 53.3 Å². The van der Waals surface area contributed by atoms with Crippen LogP contribution in [0.3, 0.4) is 0 Å². The van der Waals surface area contributed by atoms with Crippen LogP contribution in [0.1, 0.15) is 88.1 Å². The van der Waals surface area contributed by atoms with E-state index in [4.69, 9.17) is 18.9 Å². The minimum Gasteiger partial charge on any atom is -0.507 e. The van der Waals surface area contributed by atoms with E-state index < -0.39 is 76.3 Å². The average Bonchev–Trinajstić information content (AvgIpc) is 2.98. The van der Waals surface area contributed by atoms with Crippen LogP contribution in [-0.2, 0) is 19.0 Å². The smallest absolute Gasteiger partial charge is 0.316 e. The van der Waals surface area contributed by atoms with Crippen molar-refractivity contribution in [1.82, 2.24) is 4.90 Å². The molecule has 2 aromatic rings. The van der Waals surface area contributed by atoms with E-state index in [9.17, 15) is 34.8 Å². The van der Waals surface area contributed by atoms with Crippen LogP contribution < -0.4 is 4.74 Å². The molecule has 7 atom stereocenters. The molecule has 7 unspecified atom stereocenters. The monoisotopic (exact) mass is 599 g/mol. The zero-order valence-electron chi connectivity index (χ0n) is 24.9. The zero-order valence-corrected chi connectivity index (χ0v) is 24.9. The van der Waals surface area contributed by atoms with Crippen molar-refractivity contribution in [3.05, 3.63) is 51.6 Å². The van der Waals surface area contributed by atoms with E-state index in [2.05, 4.69) is 0 Å². The minimum absolute atomic E-state index is 0.0111. The number of ether oxygens (including phenoxy) is 4. The fourth-order valence-electron chi connectivity index (χ4n) is 6.75. The van der Waals surface area contributed by atoms with Crippen molar-refractivity contribution in [2.24, 2.45) is 0 Å². The second-order valence-corrected chi connectivity index (χ2v) is 11.6. The maximum absolute atomic E-state index is 13.9. The van der Waals surface area contributed by atoms with Crippen LogP contribution in [-0.4, -0.2) is 101 Å². The van der Waals surface area contributed by atoms with Gasteiger partial charge in [-0.2, -0.15) is 0 Å². The molecule has 5 rings (SSSR count). The van der Waals surface area contributed by atoms with Crippen LogP contribution in [0.25, 0.3) is 0 Å². The topological polar surface area (TPSA) is 172 Å². The van der Waals surface area contributed by atoms with Gasteiger partial charge in [-0.05, 0) is 33.5 Å². The Labute approximate surface area is 248 Å². The second kappa shape index (κ2) is 11.2. The van der Waals surface area contributed by atoms with Crippen LogP contribution in [0.15, 0.2) is 18.2 Å². The lowest BCUT2D eigenvalue weighted by Crippen LogP contribution is -2.54. The first-order valence-corrected chi connectivity index (χ1v) is 14.1. The van der Waals surface area contributed by atoms with Crippen LogP contribution >= 0.6 is 0 Å². The maximum Gasteiger partial charge on any atom is 0.316 e. The van der Waals surface area contributed by atoms with Crippen LogP contribution in [0.4, 0.5) is 0 Å². The van der Waals surface area contributed by atoms with E-state index in [0.717, 1.165) is 7.11 Å². The van der Waals surface area contributed by atoms with Gasteiger partial charge in [-0.25, -0.2) is 0 Å². The molecule has 2 aliphatic carbocycles. The molecule has 0 aromatic heterocycles. The summed E-state index contributed by atoms with van der Waals surface area (Å²) in [6.07, 6.45) is -3.59. The maximum atomic E-state index is 13.9. The molecule has 0 bridgehead atoms. The number of ketones is 2. The number of esters is 1. The minimum atomic E-state index is -1.84. The number of benzene rings is 2. The Balaban J connectivity index is 1.74. The summed E-state index contributed by atoms with van der Waals surface area (Å²) in [5.41, 5.74) is -3.31. The number of methoxy groups -OCH3 is 2. The number of rotatable bonds is 6. The zero-order chi connectivity index (χ0) is 31.5. The third kappa shape index (κ3) is 4.68. The van der Waals surface area contributed by atoms with Crippen LogP contribution in [0, 0.1) is 0 Å². The molecule has 4 N–H and O–H groups in total. The third-order valence-electron chi connectivity index (χ3n) is 9.09. The van der Waals surface area contributed by atoms with E-state index >= 15 is 0 Å². The molecule has 232 valence electrons. The van der Waals surface area contributed by atoms with Crippen molar-refractivity contribution in [2.45, 2.75) is 75.3 Å². The van der Waals surface area contributed by atoms with Gasteiger partial charge in [0.1, 0.15) is 23.2 Å². The molecular formula is C31H37NO11. The normalized spacial score (nSPS) is 30.0. The predicted molar refractivity (Wildman–Crippen MR) is 151 cm³/mol. The number of aromatic hydroxyl groups is 2. The highest BCUT2D eigenvalue weighted by Crippen LogP contribution is 2.57. The first kappa shape index (κ1) is 30.9. The van der Waals surface area contributed by atoms with Crippen molar-refractivity contribution in [3.8, 4) is 17.2 Å². The van der Waals surface area contributed by atoms with E-state index in [0.29, 0.717) is 0 Å². The molecule has 1 saturated heterocycles. The van der Waals surface area contributed by atoms with Gasteiger partial charge >= 0.3 is 5.97 Å². The number of phenolic OH excluding ortho intramolecular Hbond substituents is 2. The Morgan fingerprint density at radius 2 is 1.72 bits per heavy atom. The molecular weight excluding hydrogens is 562 g/mol. The van der Waals surface area contributed by atoms with Crippen molar-refractivity contribution >= 4 is 17.5 Å². The number of aliphatic hydroxyl groups is 2. The van der Waals surface area contributed by atoms with Gasteiger partial charge in [-0.15, -0.1) is 0 Å². The van der Waals surface area contributed by atoms with E-state index in [1.807, 2.05) is 4.90 Å². The number of hydrogen-bond acceptors (Lipinski definition) is 12. The van der Waals surface area contributed by atoms with Crippen molar-refractivity contribution in [3.63, 3.8) is 0 Å². The number of fused-ring (bicyclic) bond motifs is 3. The highest BCUT2D eigenvalue weighted by molar-refractivity contribution is 6.31. The van der Waals surface area contributed by atoms with Gasteiger partial charge in [0, 0.05) is 35.6 Å². The largest absolute Gasteiger partial charge is 0.507 e. The lowest BCUT2D eigenvalue weighted by Gasteiger charge is -2.46. The number of aliphatic hydroxyl groups excluding tert-OH is 1. The second-order valence-electron chi connectivity index (χ2n) is 11.6. The molecule has 0 radical (unpaired) electrons. The Bertz CT molecular complexity index is 1490. The summed E-state index contributed by atoms with van der Waals surface area (Å²) >= 11 is 0. The number of phenols is 2. The molecule has 12 nitrogen and oxygen atoms in total. The van der Waals surface area contributed by atoms with Crippen molar-refractivity contribution in [2.75, 3.05) is 28.3 Å². The van der Waals surface area contributed by atoms with Gasteiger partial charge in [-0.3, -0.25) is 14.4 Å². The predicted octanol–water partition coefficient (Wildman–Crippen LogP) is 2.17. The van der Waals surface area contributed by atoms with E-state index in [1.165, 1.54) is 25.3 Å². The number of carbonyl (C=O) groups excluding carboxylic acids is 3. The summed E-state index contributed by atoms with van der Waals surface area (Å²) in [5, 5.41) is 46.1. The summed E-state index contributed by atoms with van der Waals surface area (Å²) < 4.78 is 22.6. The van der Waals surface area contributed by atoms with Gasteiger partial charge < -0.3 is 44.3 Å². The first-order chi connectivity index (χ1) is 20.3. The van der Waals surface area contributed by atoms with E-state index in [1.54, 1.807) is 27.9 Å². The molecule has 1 heterocycles. The quantitative estimate of drug-likeness (QED) is 0.241. The van der Waals surface area contributed by atoms with Gasteiger partial charge in [0.25, 0.3) is 0 Å². The fourth-order valence-corrected chi connectivity index (χ4v) is 6.75. The Hall–Kier alpha value is -3.55. The molecule has 3 aliphatic rings. The van der Waals surface area contributed by atoms with Gasteiger partial charge in [-0.1, -0.05) is 19.1 Å². The van der Waals surface area contributed by atoms with Crippen LogP contribution in [0.2, 0.25) is 0 Å². The molecule has 1 fully saturated rings. The molecule has 0 amide bonds. The standard InChI is InChI=1S/C31H37NO11/c1-7-31(39)12-17(43-18-11-15(32(3)4)25(33)13(2)42-18)20-21(24(31)30(38)41-6)29(37)22-23(28(20)36)27(35)19-14(26(22)34)9-8-10-16(19)40-5/h8-10,13,15,17-18,24-25,33,36-37,39H,7,11-12H2,1-6H3. The number of likely N-dealkylation sites (N-methyl/N-ethyl adjacent to an activating group) is 1. The summed E-state index contributed by atoms with van der Waals surface area (Å²) in [6.45, 7) is 3.33. The number of nitrogens with zero attached hydrogens (tertiary/aromatic N) is 1. The van der Waals surface area contributed by atoms with Gasteiger partial charge in [0.15, 0.2) is 12.1 Å². The Kier molecular flexibility index (Phi) is 8.03.